The molecule has 0 spiro atoms. The van der Waals surface area contributed by atoms with Gasteiger partial charge in [-0.1, -0.05) is 30.6 Å². The molecule has 0 atom stereocenters. The highest BCUT2D eigenvalue weighted by Gasteiger charge is 1.95. The van der Waals surface area contributed by atoms with E-state index < -0.39 is 0 Å². The molecule has 0 unspecified atom stereocenters. The summed E-state index contributed by atoms with van der Waals surface area (Å²) in [6.45, 7) is 7.20. The third-order valence-corrected chi connectivity index (χ3v) is 1.78. The first-order valence-corrected chi connectivity index (χ1v) is 3.61. The summed E-state index contributed by atoms with van der Waals surface area (Å²) in [5.74, 6) is 0. The molecular formula is C7H7NOS. The van der Waals surface area contributed by atoms with Crippen LogP contribution in [0.25, 0.3) is 5.57 Å². The molecule has 0 amide bonds. The van der Waals surface area contributed by atoms with Gasteiger partial charge in [0, 0.05) is 5.38 Å². The number of allylic oxidation sites excluding steroid dienone is 2. The zero-order valence-electron chi connectivity index (χ0n) is 5.39. The van der Waals surface area contributed by atoms with Crippen LogP contribution in [0.15, 0.2) is 29.4 Å². The molecule has 0 aliphatic carbocycles. The van der Waals surface area contributed by atoms with Crippen LogP contribution in [0, 0.1) is 0 Å². The summed E-state index contributed by atoms with van der Waals surface area (Å²) < 4.78 is 0. The molecule has 1 aromatic rings. The highest BCUT2D eigenvalue weighted by atomic mass is 32.1. The maximum absolute atomic E-state index is 10.6. The topological polar surface area (TPSA) is 32.9 Å². The molecule has 2 nitrogen and oxygen atoms in total. The summed E-state index contributed by atoms with van der Waals surface area (Å²) in [5.41, 5.74) is 1.50. The summed E-state index contributed by atoms with van der Waals surface area (Å²) in [6.07, 6.45) is 1.61. The summed E-state index contributed by atoms with van der Waals surface area (Å²) in [4.78, 5) is 13.2. The SMILES string of the molecule is C=CC(=C)c1csc(=O)[nH]1. The molecule has 0 aliphatic heterocycles. The Kier molecular flexibility index (Phi) is 1.87. The molecule has 52 valence electrons. The van der Waals surface area contributed by atoms with Gasteiger partial charge in [0.15, 0.2) is 0 Å². The minimum absolute atomic E-state index is 0.0574. The van der Waals surface area contributed by atoms with Gasteiger partial charge in [0.2, 0.25) is 0 Å². The van der Waals surface area contributed by atoms with Crippen LogP contribution < -0.4 is 4.87 Å². The first-order valence-electron chi connectivity index (χ1n) is 2.73. The molecule has 3 heteroatoms. The van der Waals surface area contributed by atoms with Crippen molar-refractivity contribution in [3.63, 3.8) is 0 Å². The number of aromatic amines is 1. The van der Waals surface area contributed by atoms with Crippen molar-refractivity contribution in [1.82, 2.24) is 4.98 Å². The van der Waals surface area contributed by atoms with Crippen molar-refractivity contribution in [3.05, 3.63) is 40.0 Å². The fraction of sp³-hybridized carbons (Fsp3) is 0. The monoisotopic (exact) mass is 153 g/mol. The zero-order valence-corrected chi connectivity index (χ0v) is 6.20. The van der Waals surface area contributed by atoms with Gasteiger partial charge in [0.05, 0.1) is 5.69 Å². The van der Waals surface area contributed by atoms with Gasteiger partial charge in [-0.25, -0.2) is 0 Å². The summed E-state index contributed by atoms with van der Waals surface area (Å²) >= 11 is 1.13. The second kappa shape index (κ2) is 2.66. The number of aromatic nitrogens is 1. The molecule has 10 heavy (non-hydrogen) atoms. The molecular weight excluding hydrogens is 146 g/mol. The lowest BCUT2D eigenvalue weighted by Gasteiger charge is -1.89. The molecule has 0 radical (unpaired) electrons. The van der Waals surface area contributed by atoms with Gasteiger partial charge in [-0.3, -0.25) is 4.79 Å². The van der Waals surface area contributed by atoms with Crippen LogP contribution in [0.1, 0.15) is 5.69 Å². The Bertz CT molecular complexity index is 307. The molecule has 1 N–H and O–H groups in total. The van der Waals surface area contributed by atoms with E-state index in [1.807, 2.05) is 0 Å². The van der Waals surface area contributed by atoms with E-state index in [2.05, 4.69) is 18.1 Å². The van der Waals surface area contributed by atoms with E-state index >= 15 is 0 Å². The molecule has 1 rings (SSSR count). The van der Waals surface area contributed by atoms with Crippen LogP contribution in [0.4, 0.5) is 0 Å². The van der Waals surface area contributed by atoms with Crippen molar-refractivity contribution in [2.45, 2.75) is 0 Å². The Balaban J connectivity index is 3.06. The van der Waals surface area contributed by atoms with Gasteiger partial charge in [-0.2, -0.15) is 0 Å². The molecule has 0 aromatic carbocycles. The summed E-state index contributed by atoms with van der Waals surface area (Å²) in [6, 6.07) is 0. The Labute approximate surface area is 62.5 Å². The molecule has 0 fully saturated rings. The fourth-order valence-electron chi connectivity index (χ4n) is 0.547. The quantitative estimate of drug-likeness (QED) is 0.643. The predicted molar refractivity (Wildman–Crippen MR) is 44.2 cm³/mol. The third kappa shape index (κ3) is 1.25. The van der Waals surface area contributed by atoms with Crippen LogP contribution in [-0.4, -0.2) is 4.98 Å². The third-order valence-electron chi connectivity index (χ3n) is 1.11. The van der Waals surface area contributed by atoms with Crippen molar-refractivity contribution in [2.75, 3.05) is 0 Å². The number of H-pyrrole nitrogens is 1. The van der Waals surface area contributed by atoms with E-state index in [9.17, 15) is 4.79 Å². The highest BCUT2D eigenvalue weighted by molar-refractivity contribution is 7.07. The van der Waals surface area contributed by atoms with Crippen LogP contribution in [0.2, 0.25) is 0 Å². The number of hydrogen-bond donors (Lipinski definition) is 1. The van der Waals surface area contributed by atoms with Gasteiger partial charge in [0.1, 0.15) is 0 Å². The first-order chi connectivity index (χ1) is 4.74. The van der Waals surface area contributed by atoms with Gasteiger partial charge in [-0.05, 0) is 5.57 Å². The first kappa shape index (κ1) is 7.02. The van der Waals surface area contributed by atoms with E-state index in [0.717, 1.165) is 22.6 Å². The van der Waals surface area contributed by atoms with Gasteiger partial charge >= 0.3 is 4.87 Å². The maximum Gasteiger partial charge on any atom is 0.304 e. The number of hydrogen-bond acceptors (Lipinski definition) is 2. The second-order valence-corrected chi connectivity index (χ2v) is 2.63. The van der Waals surface area contributed by atoms with E-state index in [4.69, 9.17) is 0 Å². The molecule has 1 aromatic heterocycles. The minimum Gasteiger partial charge on any atom is -0.312 e. The molecule has 1 heterocycles. The van der Waals surface area contributed by atoms with E-state index in [1.54, 1.807) is 11.5 Å². The van der Waals surface area contributed by atoms with E-state index in [1.165, 1.54) is 0 Å². The lowest BCUT2D eigenvalue weighted by molar-refractivity contribution is 1.30. The van der Waals surface area contributed by atoms with Crippen LogP contribution in [-0.2, 0) is 0 Å². The highest BCUT2D eigenvalue weighted by Crippen LogP contribution is 2.08. The largest absolute Gasteiger partial charge is 0.312 e. The van der Waals surface area contributed by atoms with Gasteiger partial charge in [-0.15, -0.1) is 0 Å². The summed E-state index contributed by atoms with van der Waals surface area (Å²) in [7, 11) is 0. The maximum atomic E-state index is 10.6. The van der Waals surface area contributed by atoms with Crippen LogP contribution >= 0.6 is 11.3 Å². The molecule has 0 saturated carbocycles. The Morgan fingerprint density at radius 2 is 2.50 bits per heavy atom. The normalized spacial score (nSPS) is 9.20. The Morgan fingerprint density at radius 3 is 2.90 bits per heavy atom. The zero-order chi connectivity index (χ0) is 7.56. The minimum atomic E-state index is -0.0574. The molecule has 0 saturated heterocycles. The standard InChI is InChI=1S/C7H7NOS/c1-3-5(2)6-4-10-7(9)8-6/h3-4H,1-2H2,(H,8,9). The van der Waals surface area contributed by atoms with Crippen molar-refractivity contribution < 1.29 is 0 Å². The second-order valence-electron chi connectivity index (χ2n) is 1.79. The molecule has 0 aliphatic rings. The van der Waals surface area contributed by atoms with Crippen LogP contribution in [0.5, 0.6) is 0 Å². The van der Waals surface area contributed by atoms with Gasteiger partial charge < -0.3 is 4.98 Å². The number of thiazole rings is 1. The van der Waals surface area contributed by atoms with E-state index in [-0.39, 0.29) is 4.87 Å². The lowest BCUT2D eigenvalue weighted by Crippen LogP contribution is -1.93. The molecule has 0 bridgehead atoms. The van der Waals surface area contributed by atoms with Crippen molar-refractivity contribution in [3.8, 4) is 0 Å². The Hall–Kier alpha value is -1.09. The predicted octanol–water partition coefficient (Wildman–Crippen LogP) is 1.64. The average molecular weight is 153 g/mol. The fourth-order valence-corrected chi connectivity index (χ4v) is 1.15. The lowest BCUT2D eigenvalue weighted by atomic mass is 10.2. The summed E-state index contributed by atoms with van der Waals surface area (Å²) in [5, 5.41) is 1.73. The van der Waals surface area contributed by atoms with Crippen molar-refractivity contribution >= 4 is 16.9 Å². The average Bonchev–Trinajstić information content (AvgIpc) is 2.34. The number of rotatable bonds is 2. The van der Waals surface area contributed by atoms with Crippen molar-refractivity contribution in [1.29, 1.82) is 0 Å². The smallest absolute Gasteiger partial charge is 0.304 e. The Morgan fingerprint density at radius 1 is 1.80 bits per heavy atom. The van der Waals surface area contributed by atoms with Crippen LogP contribution in [0.3, 0.4) is 0 Å². The van der Waals surface area contributed by atoms with Crippen molar-refractivity contribution in [2.24, 2.45) is 0 Å². The van der Waals surface area contributed by atoms with E-state index in [0.29, 0.717) is 0 Å². The van der Waals surface area contributed by atoms with Gasteiger partial charge in [0.25, 0.3) is 0 Å². The number of nitrogens with one attached hydrogen (secondary N) is 1.